The lowest BCUT2D eigenvalue weighted by Crippen LogP contribution is -2.46. The van der Waals surface area contributed by atoms with Gasteiger partial charge in [-0.2, -0.15) is 0 Å². The van der Waals surface area contributed by atoms with Crippen LogP contribution in [0, 0.1) is 12.3 Å². The van der Waals surface area contributed by atoms with E-state index in [4.69, 9.17) is 10.5 Å². The largest absolute Gasteiger partial charge is 0.481 e. The maximum atomic E-state index is 12.2. The number of carbonyl (C=O) groups excluding carboxylic acids is 1. The normalized spacial score (nSPS) is 17.2. The van der Waals surface area contributed by atoms with Gasteiger partial charge in [-0.1, -0.05) is 11.6 Å². The van der Waals surface area contributed by atoms with Gasteiger partial charge in [0.1, 0.15) is 0 Å². The van der Waals surface area contributed by atoms with E-state index in [-0.39, 0.29) is 12.5 Å². The van der Waals surface area contributed by atoms with Crippen molar-refractivity contribution in [2.45, 2.75) is 19.8 Å². The van der Waals surface area contributed by atoms with Gasteiger partial charge in [0.15, 0.2) is 0 Å². The summed E-state index contributed by atoms with van der Waals surface area (Å²) in [4.78, 5) is 23.7. The first-order valence-electron chi connectivity index (χ1n) is 6.90. The second-order valence-electron chi connectivity index (χ2n) is 5.47. The molecule has 0 spiro atoms. The number of ether oxygens (including phenoxy) is 1. The summed E-state index contributed by atoms with van der Waals surface area (Å²) in [5.41, 5.74) is 6.53. The quantitative estimate of drug-likeness (QED) is 0.723. The Morgan fingerprint density at radius 2 is 2.05 bits per heavy atom. The average molecular weight is 292 g/mol. The number of aliphatic carboxylic acids is 1. The van der Waals surface area contributed by atoms with Crippen LogP contribution in [0.4, 0.5) is 5.69 Å². The number of amides is 1. The summed E-state index contributed by atoms with van der Waals surface area (Å²) in [6.45, 7) is 2.74. The van der Waals surface area contributed by atoms with Gasteiger partial charge in [0.05, 0.1) is 11.0 Å². The summed E-state index contributed by atoms with van der Waals surface area (Å²) in [7, 11) is 0. The van der Waals surface area contributed by atoms with Gasteiger partial charge in [-0.3, -0.25) is 9.59 Å². The second-order valence-corrected chi connectivity index (χ2v) is 5.47. The highest BCUT2D eigenvalue weighted by atomic mass is 16.5. The maximum absolute atomic E-state index is 12.2. The summed E-state index contributed by atoms with van der Waals surface area (Å²) in [6, 6.07) is 5.19. The number of carboxylic acids is 1. The van der Waals surface area contributed by atoms with Crippen LogP contribution in [-0.4, -0.2) is 36.7 Å². The Morgan fingerprint density at radius 3 is 2.67 bits per heavy atom. The van der Waals surface area contributed by atoms with Crippen LogP contribution >= 0.6 is 0 Å². The first-order chi connectivity index (χ1) is 9.94. The third-order valence-corrected chi connectivity index (χ3v) is 3.94. The number of nitrogen functional groups attached to an aromatic ring is 1. The Balaban J connectivity index is 2.08. The van der Waals surface area contributed by atoms with Crippen molar-refractivity contribution in [3.05, 3.63) is 29.3 Å². The summed E-state index contributed by atoms with van der Waals surface area (Å²) in [6.07, 6.45) is 0.790. The number of hydrogen-bond acceptors (Lipinski definition) is 4. The van der Waals surface area contributed by atoms with E-state index in [1.165, 1.54) is 0 Å². The van der Waals surface area contributed by atoms with Gasteiger partial charge >= 0.3 is 5.97 Å². The van der Waals surface area contributed by atoms with Gasteiger partial charge in [-0.25, -0.2) is 0 Å². The zero-order chi connectivity index (χ0) is 15.5. The lowest BCUT2D eigenvalue weighted by Gasteiger charge is -2.33. The lowest BCUT2D eigenvalue weighted by molar-refractivity contribution is -0.154. The van der Waals surface area contributed by atoms with Crippen molar-refractivity contribution in [2.24, 2.45) is 5.41 Å². The van der Waals surface area contributed by atoms with E-state index in [0.29, 0.717) is 37.3 Å². The molecule has 1 saturated heterocycles. The highest BCUT2D eigenvalue weighted by Crippen LogP contribution is 2.30. The number of aryl methyl sites for hydroxylation is 1. The van der Waals surface area contributed by atoms with Crippen molar-refractivity contribution in [1.29, 1.82) is 0 Å². The molecule has 0 aliphatic carbocycles. The number of nitrogens with one attached hydrogen (secondary N) is 1. The van der Waals surface area contributed by atoms with Crippen LogP contribution in [0.15, 0.2) is 18.2 Å². The molecule has 0 bridgehead atoms. The van der Waals surface area contributed by atoms with Crippen molar-refractivity contribution < 1.29 is 19.4 Å². The predicted molar refractivity (Wildman–Crippen MR) is 78.0 cm³/mol. The van der Waals surface area contributed by atoms with Crippen molar-refractivity contribution in [1.82, 2.24) is 5.32 Å². The molecule has 1 aromatic carbocycles. The van der Waals surface area contributed by atoms with Crippen LogP contribution in [0.5, 0.6) is 0 Å². The molecule has 1 amide bonds. The van der Waals surface area contributed by atoms with E-state index >= 15 is 0 Å². The standard InChI is InChI=1S/C15H20N2O4/c1-10-2-3-12(16)11(8-10)13(18)17-9-15(14(19)20)4-6-21-7-5-15/h2-3,8H,4-7,9,16H2,1H3,(H,17,18)(H,19,20). The topological polar surface area (TPSA) is 102 Å². The van der Waals surface area contributed by atoms with E-state index in [0.717, 1.165) is 5.56 Å². The molecule has 4 N–H and O–H groups in total. The van der Waals surface area contributed by atoms with Crippen LogP contribution in [0.2, 0.25) is 0 Å². The molecule has 0 unspecified atom stereocenters. The SMILES string of the molecule is Cc1ccc(N)c(C(=O)NCC2(C(=O)O)CCOCC2)c1. The molecule has 1 aliphatic heterocycles. The van der Waals surface area contributed by atoms with Crippen LogP contribution < -0.4 is 11.1 Å². The molecule has 0 aromatic heterocycles. The van der Waals surface area contributed by atoms with E-state index in [2.05, 4.69) is 5.32 Å². The van der Waals surface area contributed by atoms with E-state index in [1.807, 2.05) is 13.0 Å². The van der Waals surface area contributed by atoms with E-state index < -0.39 is 11.4 Å². The molecule has 21 heavy (non-hydrogen) atoms. The minimum absolute atomic E-state index is 0.0813. The van der Waals surface area contributed by atoms with Gasteiger partial charge in [0, 0.05) is 25.4 Å². The first kappa shape index (κ1) is 15.3. The molecule has 0 radical (unpaired) electrons. The molecule has 1 heterocycles. The van der Waals surface area contributed by atoms with Gasteiger partial charge in [-0.15, -0.1) is 0 Å². The highest BCUT2D eigenvalue weighted by Gasteiger charge is 2.40. The summed E-state index contributed by atoms with van der Waals surface area (Å²) < 4.78 is 5.21. The number of carboxylic acid groups (broad SMARTS) is 1. The van der Waals surface area contributed by atoms with Gasteiger partial charge in [0.25, 0.3) is 5.91 Å². The van der Waals surface area contributed by atoms with E-state index in [9.17, 15) is 14.7 Å². The molecule has 0 atom stereocenters. The first-order valence-corrected chi connectivity index (χ1v) is 6.90. The molecular weight excluding hydrogens is 272 g/mol. The Labute approximate surface area is 123 Å². The zero-order valence-corrected chi connectivity index (χ0v) is 12.0. The molecule has 6 nitrogen and oxygen atoms in total. The number of anilines is 1. The molecular formula is C15H20N2O4. The van der Waals surface area contributed by atoms with E-state index in [1.54, 1.807) is 12.1 Å². The molecule has 1 aromatic rings. The number of carbonyl (C=O) groups is 2. The number of hydrogen-bond donors (Lipinski definition) is 3. The second kappa shape index (κ2) is 6.13. The highest BCUT2D eigenvalue weighted by molar-refractivity contribution is 5.99. The van der Waals surface area contributed by atoms with Gasteiger partial charge in [0.2, 0.25) is 0 Å². The maximum Gasteiger partial charge on any atom is 0.311 e. The molecule has 1 aliphatic rings. The Hall–Kier alpha value is -2.08. The summed E-state index contributed by atoms with van der Waals surface area (Å²) in [5, 5.41) is 12.1. The van der Waals surface area contributed by atoms with Crippen LogP contribution in [0.3, 0.4) is 0 Å². The minimum Gasteiger partial charge on any atom is -0.481 e. The van der Waals surface area contributed by atoms with Crippen molar-refractivity contribution in [3.63, 3.8) is 0 Å². The number of benzene rings is 1. The zero-order valence-electron chi connectivity index (χ0n) is 12.0. The van der Waals surface area contributed by atoms with Crippen LogP contribution in [0.1, 0.15) is 28.8 Å². The fraction of sp³-hybridized carbons (Fsp3) is 0.467. The van der Waals surface area contributed by atoms with Gasteiger partial charge in [-0.05, 0) is 31.9 Å². The van der Waals surface area contributed by atoms with Crippen molar-refractivity contribution >= 4 is 17.6 Å². The van der Waals surface area contributed by atoms with Crippen LogP contribution in [-0.2, 0) is 9.53 Å². The number of nitrogens with two attached hydrogens (primary N) is 1. The summed E-state index contributed by atoms with van der Waals surface area (Å²) in [5.74, 6) is -1.24. The predicted octanol–water partition coefficient (Wildman–Crippen LogP) is 1.19. The Bertz CT molecular complexity index is 551. The van der Waals surface area contributed by atoms with Crippen molar-refractivity contribution in [2.75, 3.05) is 25.5 Å². The third-order valence-electron chi connectivity index (χ3n) is 3.94. The fourth-order valence-corrected chi connectivity index (χ4v) is 2.44. The average Bonchev–Trinajstić information content (AvgIpc) is 2.48. The lowest BCUT2D eigenvalue weighted by atomic mass is 9.80. The van der Waals surface area contributed by atoms with Crippen LogP contribution in [0.25, 0.3) is 0 Å². The summed E-state index contributed by atoms with van der Waals surface area (Å²) >= 11 is 0. The van der Waals surface area contributed by atoms with Gasteiger partial charge < -0.3 is 20.9 Å². The van der Waals surface area contributed by atoms with Crippen molar-refractivity contribution in [3.8, 4) is 0 Å². The molecule has 6 heteroatoms. The Kier molecular flexibility index (Phi) is 4.47. The minimum atomic E-state index is -0.952. The molecule has 2 rings (SSSR count). The molecule has 1 fully saturated rings. The fourth-order valence-electron chi connectivity index (χ4n) is 2.44. The monoisotopic (exact) mass is 292 g/mol. The smallest absolute Gasteiger partial charge is 0.311 e. The Morgan fingerprint density at radius 1 is 1.38 bits per heavy atom. The third kappa shape index (κ3) is 3.33. The number of rotatable bonds is 4. The molecule has 0 saturated carbocycles. The molecule has 114 valence electrons.